The third kappa shape index (κ3) is 1.52. The first kappa shape index (κ1) is 9.24. The maximum Gasteiger partial charge on any atom is 0.325 e. The van der Waals surface area contributed by atoms with Gasteiger partial charge in [0.25, 0.3) is 0 Å². The molecule has 1 aromatic heterocycles. The van der Waals surface area contributed by atoms with E-state index in [1.165, 1.54) is 12.0 Å². The van der Waals surface area contributed by atoms with Crippen LogP contribution in [-0.2, 0) is 17.8 Å². The van der Waals surface area contributed by atoms with E-state index >= 15 is 0 Å². The molecule has 0 aromatic carbocycles. The van der Waals surface area contributed by atoms with Gasteiger partial charge >= 0.3 is 5.97 Å². The van der Waals surface area contributed by atoms with Gasteiger partial charge in [0.05, 0.1) is 6.20 Å². The molecule has 1 N–H and O–H groups in total. The van der Waals surface area contributed by atoms with Gasteiger partial charge in [0.1, 0.15) is 6.54 Å². The van der Waals surface area contributed by atoms with Gasteiger partial charge in [0.15, 0.2) is 0 Å². The van der Waals surface area contributed by atoms with Gasteiger partial charge < -0.3 is 5.11 Å². The second kappa shape index (κ2) is 3.44. The van der Waals surface area contributed by atoms with E-state index in [-0.39, 0.29) is 6.54 Å². The molecule has 0 bridgehead atoms. The Bertz CT molecular complexity index is 357. The molecule has 1 aliphatic rings. The fourth-order valence-electron chi connectivity index (χ4n) is 2.11. The Kier molecular flexibility index (Phi) is 2.27. The Morgan fingerprint density at radius 1 is 1.79 bits per heavy atom. The van der Waals surface area contributed by atoms with E-state index in [2.05, 4.69) is 12.0 Å². The van der Waals surface area contributed by atoms with Crippen LogP contribution in [0.25, 0.3) is 0 Å². The van der Waals surface area contributed by atoms with Crippen LogP contribution in [0.1, 0.15) is 36.9 Å². The second-order valence-electron chi connectivity index (χ2n) is 3.89. The molecule has 0 unspecified atom stereocenters. The highest BCUT2D eigenvalue weighted by molar-refractivity contribution is 5.66. The van der Waals surface area contributed by atoms with Crippen LogP contribution in [-0.4, -0.2) is 20.9 Å². The molecular formula is C10H14N2O2. The monoisotopic (exact) mass is 194 g/mol. The van der Waals surface area contributed by atoms with Crippen LogP contribution in [0.5, 0.6) is 0 Å². The quantitative estimate of drug-likeness (QED) is 0.774. The van der Waals surface area contributed by atoms with Crippen LogP contribution >= 0.6 is 0 Å². The molecule has 1 aromatic rings. The SMILES string of the molecule is C[C@H]1CCCc2c1cnn2CC(=O)O. The Morgan fingerprint density at radius 3 is 3.29 bits per heavy atom. The summed E-state index contributed by atoms with van der Waals surface area (Å²) in [5.74, 6) is -0.296. The number of hydrogen-bond acceptors (Lipinski definition) is 2. The van der Waals surface area contributed by atoms with Gasteiger partial charge in [0.2, 0.25) is 0 Å². The summed E-state index contributed by atoms with van der Waals surface area (Å²) in [5.41, 5.74) is 2.35. The number of aliphatic carboxylic acids is 1. The van der Waals surface area contributed by atoms with E-state index in [0.29, 0.717) is 5.92 Å². The molecule has 2 rings (SSSR count). The first-order chi connectivity index (χ1) is 6.68. The number of rotatable bonds is 2. The molecule has 76 valence electrons. The Balaban J connectivity index is 2.31. The van der Waals surface area contributed by atoms with Crippen LogP contribution in [0.4, 0.5) is 0 Å². The lowest BCUT2D eigenvalue weighted by atomic mass is 9.89. The minimum Gasteiger partial charge on any atom is -0.480 e. The predicted molar refractivity (Wildman–Crippen MR) is 51.2 cm³/mol. The van der Waals surface area contributed by atoms with Crippen molar-refractivity contribution in [1.82, 2.24) is 9.78 Å². The zero-order valence-corrected chi connectivity index (χ0v) is 8.23. The summed E-state index contributed by atoms with van der Waals surface area (Å²) in [6.45, 7) is 2.16. The first-order valence-electron chi connectivity index (χ1n) is 4.95. The average molecular weight is 194 g/mol. The van der Waals surface area contributed by atoms with Crippen molar-refractivity contribution in [1.29, 1.82) is 0 Å². The molecule has 0 fully saturated rings. The summed E-state index contributed by atoms with van der Waals surface area (Å²) in [5, 5.41) is 12.8. The van der Waals surface area contributed by atoms with Gasteiger partial charge in [-0.1, -0.05) is 6.92 Å². The molecule has 0 saturated heterocycles. The fourth-order valence-corrected chi connectivity index (χ4v) is 2.11. The number of carboxylic acid groups (broad SMARTS) is 1. The maximum absolute atomic E-state index is 10.6. The zero-order chi connectivity index (χ0) is 10.1. The fraction of sp³-hybridized carbons (Fsp3) is 0.600. The number of hydrogen-bond donors (Lipinski definition) is 1. The van der Waals surface area contributed by atoms with Crippen molar-refractivity contribution in [2.75, 3.05) is 0 Å². The molecule has 0 saturated carbocycles. The van der Waals surface area contributed by atoms with E-state index in [4.69, 9.17) is 5.11 Å². The second-order valence-corrected chi connectivity index (χ2v) is 3.89. The maximum atomic E-state index is 10.6. The van der Waals surface area contributed by atoms with Crippen molar-refractivity contribution in [3.63, 3.8) is 0 Å². The molecule has 1 heterocycles. The van der Waals surface area contributed by atoms with Crippen LogP contribution in [0.2, 0.25) is 0 Å². The highest BCUT2D eigenvalue weighted by Crippen LogP contribution is 2.30. The summed E-state index contributed by atoms with van der Waals surface area (Å²) in [6.07, 6.45) is 5.11. The van der Waals surface area contributed by atoms with Crippen molar-refractivity contribution < 1.29 is 9.90 Å². The number of carbonyl (C=O) groups is 1. The van der Waals surface area contributed by atoms with E-state index in [1.54, 1.807) is 4.68 Å². The van der Waals surface area contributed by atoms with Gasteiger partial charge in [-0.05, 0) is 30.7 Å². The Hall–Kier alpha value is -1.32. The number of carboxylic acids is 1. The van der Waals surface area contributed by atoms with Gasteiger partial charge in [-0.25, -0.2) is 0 Å². The van der Waals surface area contributed by atoms with Crippen molar-refractivity contribution >= 4 is 5.97 Å². The molecule has 4 nitrogen and oxygen atoms in total. The average Bonchev–Trinajstić information content (AvgIpc) is 2.49. The number of aromatic nitrogens is 2. The summed E-state index contributed by atoms with van der Waals surface area (Å²) >= 11 is 0. The number of fused-ring (bicyclic) bond motifs is 1. The highest BCUT2D eigenvalue weighted by Gasteiger charge is 2.21. The van der Waals surface area contributed by atoms with Crippen molar-refractivity contribution in [2.45, 2.75) is 38.6 Å². The van der Waals surface area contributed by atoms with E-state index in [0.717, 1.165) is 18.5 Å². The Labute approximate surface area is 82.5 Å². The summed E-state index contributed by atoms with van der Waals surface area (Å²) < 4.78 is 1.62. The van der Waals surface area contributed by atoms with E-state index in [9.17, 15) is 4.79 Å². The highest BCUT2D eigenvalue weighted by atomic mass is 16.4. The van der Waals surface area contributed by atoms with Crippen molar-refractivity contribution in [2.24, 2.45) is 0 Å². The molecule has 14 heavy (non-hydrogen) atoms. The largest absolute Gasteiger partial charge is 0.480 e. The smallest absolute Gasteiger partial charge is 0.325 e. The molecule has 1 aliphatic carbocycles. The molecule has 0 spiro atoms. The van der Waals surface area contributed by atoms with Crippen LogP contribution in [0.15, 0.2) is 6.20 Å². The lowest BCUT2D eigenvalue weighted by Crippen LogP contribution is -2.16. The molecule has 4 heteroatoms. The van der Waals surface area contributed by atoms with Crippen LogP contribution in [0, 0.1) is 0 Å². The molecule has 0 aliphatic heterocycles. The Morgan fingerprint density at radius 2 is 2.57 bits per heavy atom. The summed E-state index contributed by atoms with van der Waals surface area (Å²) in [6, 6.07) is 0. The normalized spacial score (nSPS) is 20.5. The van der Waals surface area contributed by atoms with Crippen LogP contribution in [0.3, 0.4) is 0 Å². The zero-order valence-electron chi connectivity index (χ0n) is 8.23. The third-order valence-electron chi connectivity index (χ3n) is 2.85. The molecule has 0 radical (unpaired) electrons. The minimum atomic E-state index is -0.825. The molecule has 1 atom stereocenters. The first-order valence-corrected chi connectivity index (χ1v) is 4.95. The third-order valence-corrected chi connectivity index (χ3v) is 2.85. The van der Waals surface area contributed by atoms with E-state index in [1.807, 2.05) is 6.20 Å². The molecular weight excluding hydrogens is 180 g/mol. The predicted octanol–water partition coefficient (Wildman–Crippen LogP) is 1.41. The van der Waals surface area contributed by atoms with Crippen molar-refractivity contribution in [3.8, 4) is 0 Å². The van der Waals surface area contributed by atoms with Gasteiger partial charge in [-0.3, -0.25) is 9.48 Å². The lowest BCUT2D eigenvalue weighted by Gasteiger charge is -2.18. The summed E-state index contributed by atoms with van der Waals surface area (Å²) in [4.78, 5) is 10.6. The topological polar surface area (TPSA) is 55.1 Å². The standard InChI is InChI=1S/C10H14N2O2/c1-7-3-2-4-9-8(7)5-11-12(9)6-10(13)14/h5,7H,2-4,6H2,1H3,(H,13,14)/t7-/m0/s1. The van der Waals surface area contributed by atoms with E-state index < -0.39 is 5.97 Å². The van der Waals surface area contributed by atoms with Crippen LogP contribution < -0.4 is 0 Å². The van der Waals surface area contributed by atoms with Gasteiger partial charge in [-0.2, -0.15) is 5.10 Å². The van der Waals surface area contributed by atoms with Gasteiger partial charge in [-0.15, -0.1) is 0 Å². The molecule has 0 amide bonds. The van der Waals surface area contributed by atoms with Gasteiger partial charge in [0, 0.05) is 5.69 Å². The summed E-state index contributed by atoms with van der Waals surface area (Å²) in [7, 11) is 0. The number of nitrogens with zero attached hydrogens (tertiary/aromatic N) is 2. The van der Waals surface area contributed by atoms with Crippen molar-refractivity contribution in [3.05, 3.63) is 17.5 Å². The lowest BCUT2D eigenvalue weighted by molar-refractivity contribution is -0.137. The minimum absolute atomic E-state index is 0.0119.